The fourth-order valence-electron chi connectivity index (χ4n) is 1.32. The lowest BCUT2D eigenvalue weighted by atomic mass is 10.2. The lowest BCUT2D eigenvalue weighted by Crippen LogP contribution is -2.18. The maximum atomic E-state index is 8.57. The predicted octanol–water partition coefficient (Wildman–Crippen LogP) is 1.18. The van der Waals surface area contributed by atoms with Crippen LogP contribution in [0.15, 0.2) is 36.1 Å². The van der Waals surface area contributed by atoms with E-state index in [2.05, 4.69) is 22.0 Å². The van der Waals surface area contributed by atoms with Crippen LogP contribution in [0.1, 0.15) is 11.3 Å². The highest BCUT2D eigenvalue weighted by atomic mass is 32.2. The van der Waals surface area contributed by atoms with Gasteiger partial charge in [-0.25, -0.2) is 0 Å². The lowest BCUT2D eigenvalue weighted by molar-refractivity contribution is 0.318. The molecule has 98 valence electrons. The van der Waals surface area contributed by atoms with Gasteiger partial charge in [-0.3, -0.25) is 4.98 Å². The van der Waals surface area contributed by atoms with Gasteiger partial charge in [0.2, 0.25) is 0 Å². The summed E-state index contributed by atoms with van der Waals surface area (Å²) < 4.78 is 0. The number of thioether (sulfide) groups is 1. The molecule has 0 aliphatic carbocycles. The summed E-state index contributed by atoms with van der Waals surface area (Å²) in [6.45, 7) is 5.34. The van der Waals surface area contributed by atoms with Gasteiger partial charge in [0.1, 0.15) is 5.69 Å². The van der Waals surface area contributed by atoms with Crippen molar-refractivity contribution in [3.8, 4) is 0 Å². The van der Waals surface area contributed by atoms with Crippen LogP contribution in [0.2, 0.25) is 0 Å². The molecule has 0 spiro atoms. The average Bonchev–Trinajstić information content (AvgIpc) is 2.42. The molecular formula is C12H18N4OS. The predicted molar refractivity (Wildman–Crippen MR) is 76.0 cm³/mol. The van der Waals surface area contributed by atoms with E-state index in [0.29, 0.717) is 5.69 Å². The average molecular weight is 266 g/mol. The fraction of sp³-hybridized carbons (Fsp3) is 0.333. The second kappa shape index (κ2) is 8.54. The normalized spacial score (nSPS) is 11.4. The van der Waals surface area contributed by atoms with Crippen LogP contribution in [0.4, 0.5) is 0 Å². The van der Waals surface area contributed by atoms with Gasteiger partial charge in [0.25, 0.3) is 0 Å². The van der Waals surface area contributed by atoms with Crippen LogP contribution in [-0.4, -0.2) is 34.1 Å². The molecule has 4 N–H and O–H groups in total. The van der Waals surface area contributed by atoms with Crippen molar-refractivity contribution in [2.75, 3.05) is 18.1 Å². The van der Waals surface area contributed by atoms with Gasteiger partial charge < -0.3 is 16.3 Å². The van der Waals surface area contributed by atoms with Gasteiger partial charge in [-0.15, -0.1) is 6.58 Å². The summed E-state index contributed by atoms with van der Waals surface area (Å²) in [6, 6.07) is 3.71. The van der Waals surface area contributed by atoms with Crippen LogP contribution in [0.3, 0.4) is 0 Å². The van der Waals surface area contributed by atoms with Crippen molar-refractivity contribution in [2.24, 2.45) is 10.9 Å². The van der Waals surface area contributed by atoms with Crippen molar-refractivity contribution in [3.05, 3.63) is 42.2 Å². The number of oxime groups is 1. The summed E-state index contributed by atoms with van der Waals surface area (Å²) in [6.07, 6.45) is 3.55. The second-order valence-corrected chi connectivity index (χ2v) is 4.72. The molecule has 0 radical (unpaired) electrons. The van der Waals surface area contributed by atoms with Crippen molar-refractivity contribution in [1.29, 1.82) is 0 Å². The SMILES string of the molecule is C=CCSCCNCc1ccnc(/C(N)=N\O)c1. The molecule has 1 heterocycles. The summed E-state index contributed by atoms with van der Waals surface area (Å²) in [7, 11) is 0. The molecule has 0 fully saturated rings. The second-order valence-electron chi connectivity index (χ2n) is 3.57. The Kier molecular flexibility index (Phi) is 6.90. The minimum atomic E-state index is 0.0263. The summed E-state index contributed by atoms with van der Waals surface area (Å²) in [4.78, 5) is 4.02. The first kappa shape index (κ1) is 14.5. The monoisotopic (exact) mass is 266 g/mol. The number of nitrogens with zero attached hydrogens (tertiary/aromatic N) is 2. The van der Waals surface area contributed by atoms with Gasteiger partial charge in [-0.05, 0) is 17.7 Å². The molecule has 1 rings (SSSR count). The van der Waals surface area contributed by atoms with Crippen LogP contribution in [0, 0.1) is 0 Å². The van der Waals surface area contributed by atoms with E-state index >= 15 is 0 Å². The van der Waals surface area contributed by atoms with Crippen molar-refractivity contribution in [3.63, 3.8) is 0 Å². The van der Waals surface area contributed by atoms with Crippen LogP contribution in [0.5, 0.6) is 0 Å². The number of pyridine rings is 1. The van der Waals surface area contributed by atoms with E-state index in [9.17, 15) is 0 Å². The Hall–Kier alpha value is -1.53. The van der Waals surface area contributed by atoms with Crippen LogP contribution < -0.4 is 11.1 Å². The smallest absolute Gasteiger partial charge is 0.188 e. The number of aromatic nitrogens is 1. The van der Waals surface area contributed by atoms with Crippen molar-refractivity contribution in [1.82, 2.24) is 10.3 Å². The molecule has 0 atom stereocenters. The molecule has 0 unspecified atom stereocenters. The molecule has 0 aromatic carbocycles. The Labute approximate surface area is 111 Å². The molecule has 0 saturated heterocycles. The molecular weight excluding hydrogens is 248 g/mol. The lowest BCUT2D eigenvalue weighted by Gasteiger charge is -2.05. The summed E-state index contributed by atoms with van der Waals surface area (Å²) in [5.74, 6) is 2.05. The molecule has 1 aromatic heterocycles. The fourth-order valence-corrected chi connectivity index (χ4v) is 1.94. The quantitative estimate of drug-likeness (QED) is 0.164. The Morgan fingerprint density at radius 3 is 3.22 bits per heavy atom. The van der Waals surface area contributed by atoms with Crippen LogP contribution in [0.25, 0.3) is 0 Å². The van der Waals surface area contributed by atoms with E-state index in [4.69, 9.17) is 10.9 Å². The van der Waals surface area contributed by atoms with Crippen molar-refractivity contribution in [2.45, 2.75) is 6.54 Å². The molecule has 0 amide bonds. The zero-order valence-corrected chi connectivity index (χ0v) is 11.0. The number of amidine groups is 1. The number of nitrogens with one attached hydrogen (secondary N) is 1. The summed E-state index contributed by atoms with van der Waals surface area (Å²) in [5.41, 5.74) is 7.02. The molecule has 0 aliphatic rings. The Morgan fingerprint density at radius 2 is 2.50 bits per heavy atom. The number of rotatable bonds is 8. The van der Waals surface area contributed by atoms with Crippen molar-refractivity contribution >= 4 is 17.6 Å². The van der Waals surface area contributed by atoms with Gasteiger partial charge in [-0.1, -0.05) is 11.2 Å². The molecule has 0 saturated carbocycles. The maximum absolute atomic E-state index is 8.57. The Balaban J connectivity index is 2.36. The van der Waals surface area contributed by atoms with E-state index in [1.54, 1.807) is 12.3 Å². The van der Waals surface area contributed by atoms with E-state index < -0.39 is 0 Å². The van der Waals surface area contributed by atoms with Gasteiger partial charge in [-0.2, -0.15) is 11.8 Å². The van der Waals surface area contributed by atoms with E-state index in [-0.39, 0.29) is 5.84 Å². The molecule has 6 heteroatoms. The van der Waals surface area contributed by atoms with E-state index in [1.807, 2.05) is 23.9 Å². The number of hydrogen-bond donors (Lipinski definition) is 3. The first-order valence-corrected chi connectivity index (χ1v) is 6.75. The first-order chi connectivity index (χ1) is 8.77. The zero-order valence-electron chi connectivity index (χ0n) is 10.2. The third-order valence-electron chi connectivity index (χ3n) is 2.18. The molecule has 5 nitrogen and oxygen atoms in total. The molecule has 1 aromatic rings. The van der Waals surface area contributed by atoms with Crippen LogP contribution >= 0.6 is 11.8 Å². The van der Waals surface area contributed by atoms with Crippen LogP contribution in [-0.2, 0) is 6.54 Å². The molecule has 18 heavy (non-hydrogen) atoms. The standard InChI is InChI=1S/C12H18N4OS/c1-2-6-18-7-5-14-9-10-3-4-15-11(8-10)12(13)16-17/h2-4,8,14,17H,1,5-7,9H2,(H2,13,16). The largest absolute Gasteiger partial charge is 0.409 e. The minimum Gasteiger partial charge on any atom is -0.409 e. The Bertz CT molecular complexity index is 409. The summed E-state index contributed by atoms with van der Waals surface area (Å²) in [5, 5.41) is 14.8. The topological polar surface area (TPSA) is 83.5 Å². The van der Waals surface area contributed by atoms with E-state index in [0.717, 1.165) is 30.2 Å². The highest BCUT2D eigenvalue weighted by Gasteiger charge is 2.01. The molecule has 0 aliphatic heterocycles. The van der Waals surface area contributed by atoms with Gasteiger partial charge in [0.15, 0.2) is 5.84 Å². The number of hydrogen-bond acceptors (Lipinski definition) is 5. The zero-order chi connectivity index (χ0) is 13.2. The third-order valence-corrected chi connectivity index (χ3v) is 3.15. The third kappa shape index (κ3) is 5.20. The highest BCUT2D eigenvalue weighted by molar-refractivity contribution is 7.99. The van der Waals surface area contributed by atoms with Gasteiger partial charge in [0.05, 0.1) is 0 Å². The molecule has 0 bridgehead atoms. The first-order valence-electron chi connectivity index (χ1n) is 5.60. The van der Waals surface area contributed by atoms with Gasteiger partial charge >= 0.3 is 0 Å². The van der Waals surface area contributed by atoms with Gasteiger partial charge in [0, 0.05) is 30.8 Å². The highest BCUT2D eigenvalue weighted by Crippen LogP contribution is 2.02. The minimum absolute atomic E-state index is 0.0263. The Morgan fingerprint density at radius 1 is 1.67 bits per heavy atom. The number of nitrogens with two attached hydrogens (primary N) is 1. The summed E-state index contributed by atoms with van der Waals surface area (Å²) >= 11 is 1.83. The van der Waals surface area contributed by atoms with Crippen molar-refractivity contribution < 1.29 is 5.21 Å². The maximum Gasteiger partial charge on any atom is 0.188 e. The van der Waals surface area contributed by atoms with E-state index in [1.165, 1.54) is 0 Å².